The molecule has 1 N–H and O–H groups in total. The lowest BCUT2D eigenvalue weighted by atomic mass is 10.2. The third kappa shape index (κ3) is 2.60. The summed E-state index contributed by atoms with van der Waals surface area (Å²) in [5.41, 5.74) is 0.493. The Labute approximate surface area is 82.8 Å². The monoisotopic (exact) mass is 248 g/mol. The average molecular weight is 249 g/mol. The maximum absolute atomic E-state index is 12.7. The highest BCUT2D eigenvalue weighted by molar-refractivity contribution is 9.10. The van der Waals surface area contributed by atoms with E-state index in [2.05, 4.69) is 15.9 Å². The summed E-state index contributed by atoms with van der Waals surface area (Å²) >= 11 is 3.07. The fraction of sp³-hybridized carbons (Fsp3) is 0.111. The van der Waals surface area contributed by atoms with Gasteiger partial charge in [-0.15, -0.1) is 0 Å². The zero-order valence-electron chi connectivity index (χ0n) is 6.60. The molecule has 0 spiro atoms. The zero-order chi connectivity index (χ0) is 9.84. The second kappa shape index (κ2) is 4.48. The maximum Gasteiger partial charge on any atom is 0.159 e. The number of hydrogen-bond donors (Lipinski definition) is 1. The van der Waals surface area contributed by atoms with Crippen LogP contribution in [0.4, 0.5) is 8.78 Å². The Kier molecular flexibility index (Phi) is 3.57. The van der Waals surface area contributed by atoms with Gasteiger partial charge < -0.3 is 5.11 Å². The normalized spacial score (nSPS) is 11.1. The molecule has 1 aromatic carbocycles. The molecule has 0 radical (unpaired) electrons. The molecule has 1 nitrogen and oxygen atoms in total. The SMILES string of the molecule is OC/C=C/c1cc(F)c(F)cc1Br. The van der Waals surface area contributed by atoms with Crippen molar-refractivity contribution in [3.8, 4) is 0 Å². The summed E-state index contributed by atoms with van der Waals surface area (Å²) in [6, 6.07) is 2.11. The lowest BCUT2D eigenvalue weighted by Crippen LogP contribution is -1.86. The fourth-order valence-corrected chi connectivity index (χ4v) is 1.29. The van der Waals surface area contributed by atoms with Crippen LogP contribution in [0.3, 0.4) is 0 Å². The van der Waals surface area contributed by atoms with E-state index >= 15 is 0 Å². The second-order valence-electron chi connectivity index (χ2n) is 2.37. The van der Waals surface area contributed by atoms with Gasteiger partial charge in [0.1, 0.15) is 0 Å². The predicted octanol–water partition coefficient (Wildman–Crippen LogP) is 2.73. The molecule has 13 heavy (non-hydrogen) atoms. The summed E-state index contributed by atoms with van der Waals surface area (Å²) in [5, 5.41) is 8.47. The number of halogens is 3. The van der Waals surface area contributed by atoms with E-state index in [4.69, 9.17) is 5.11 Å². The van der Waals surface area contributed by atoms with Crippen LogP contribution in [0.15, 0.2) is 22.7 Å². The summed E-state index contributed by atoms with van der Waals surface area (Å²) in [6.07, 6.45) is 2.95. The van der Waals surface area contributed by atoms with Crippen LogP contribution in [0.2, 0.25) is 0 Å². The minimum absolute atomic E-state index is 0.133. The van der Waals surface area contributed by atoms with Crippen molar-refractivity contribution >= 4 is 22.0 Å². The van der Waals surface area contributed by atoms with E-state index in [1.165, 1.54) is 12.2 Å². The van der Waals surface area contributed by atoms with Crippen LogP contribution in [-0.4, -0.2) is 11.7 Å². The van der Waals surface area contributed by atoms with E-state index in [-0.39, 0.29) is 6.61 Å². The molecule has 0 bridgehead atoms. The first kappa shape index (κ1) is 10.3. The number of rotatable bonds is 2. The summed E-state index contributed by atoms with van der Waals surface area (Å²) in [4.78, 5) is 0. The Hall–Kier alpha value is -0.740. The quantitative estimate of drug-likeness (QED) is 0.799. The molecule has 0 fully saturated rings. The Morgan fingerprint density at radius 2 is 1.92 bits per heavy atom. The molecular weight excluding hydrogens is 242 g/mol. The van der Waals surface area contributed by atoms with Gasteiger partial charge in [-0.2, -0.15) is 0 Å². The summed E-state index contributed by atoms with van der Waals surface area (Å²) in [5.74, 6) is -1.80. The number of aliphatic hydroxyl groups is 1. The van der Waals surface area contributed by atoms with Crippen LogP contribution in [0.5, 0.6) is 0 Å². The summed E-state index contributed by atoms with van der Waals surface area (Å²) in [7, 11) is 0. The van der Waals surface area contributed by atoms with E-state index in [1.54, 1.807) is 0 Å². The van der Waals surface area contributed by atoms with Crippen LogP contribution in [0.1, 0.15) is 5.56 Å². The second-order valence-corrected chi connectivity index (χ2v) is 3.23. The van der Waals surface area contributed by atoms with E-state index in [9.17, 15) is 8.78 Å². The van der Waals surface area contributed by atoms with Gasteiger partial charge in [-0.25, -0.2) is 8.78 Å². The third-order valence-corrected chi connectivity index (χ3v) is 2.13. The number of benzene rings is 1. The van der Waals surface area contributed by atoms with Crippen LogP contribution >= 0.6 is 15.9 Å². The van der Waals surface area contributed by atoms with Crippen molar-refractivity contribution in [2.75, 3.05) is 6.61 Å². The van der Waals surface area contributed by atoms with Gasteiger partial charge in [-0.1, -0.05) is 28.1 Å². The lowest BCUT2D eigenvalue weighted by Gasteiger charge is -1.99. The van der Waals surface area contributed by atoms with E-state index in [0.717, 1.165) is 12.1 Å². The largest absolute Gasteiger partial charge is 0.392 e. The zero-order valence-corrected chi connectivity index (χ0v) is 8.18. The fourth-order valence-electron chi connectivity index (χ4n) is 0.845. The first-order chi connectivity index (χ1) is 6.15. The molecule has 0 aromatic heterocycles. The van der Waals surface area contributed by atoms with Gasteiger partial charge in [0, 0.05) is 4.47 Å². The smallest absolute Gasteiger partial charge is 0.159 e. The molecule has 0 aliphatic carbocycles. The van der Waals surface area contributed by atoms with Crippen LogP contribution in [0.25, 0.3) is 6.08 Å². The minimum Gasteiger partial charge on any atom is -0.392 e. The highest BCUT2D eigenvalue weighted by Gasteiger charge is 2.05. The Bertz CT molecular complexity index is 337. The van der Waals surface area contributed by atoms with Crippen molar-refractivity contribution in [1.82, 2.24) is 0 Å². The van der Waals surface area contributed by atoms with Crippen molar-refractivity contribution in [3.05, 3.63) is 39.9 Å². The average Bonchev–Trinajstić information content (AvgIpc) is 2.09. The van der Waals surface area contributed by atoms with Gasteiger partial charge in [0.25, 0.3) is 0 Å². The molecule has 0 heterocycles. The van der Waals surface area contributed by atoms with E-state index in [0.29, 0.717) is 10.0 Å². The van der Waals surface area contributed by atoms with E-state index < -0.39 is 11.6 Å². The highest BCUT2D eigenvalue weighted by atomic mass is 79.9. The first-order valence-electron chi connectivity index (χ1n) is 3.57. The van der Waals surface area contributed by atoms with Gasteiger partial charge in [0.2, 0.25) is 0 Å². The van der Waals surface area contributed by atoms with Gasteiger partial charge in [-0.3, -0.25) is 0 Å². The molecule has 0 aliphatic rings. The van der Waals surface area contributed by atoms with E-state index in [1.807, 2.05) is 0 Å². The minimum atomic E-state index is -0.902. The topological polar surface area (TPSA) is 20.2 Å². The predicted molar refractivity (Wildman–Crippen MR) is 50.2 cm³/mol. The van der Waals surface area contributed by atoms with Gasteiger partial charge in [0.15, 0.2) is 11.6 Å². The molecular formula is C9H7BrF2O. The van der Waals surface area contributed by atoms with Gasteiger partial charge in [-0.05, 0) is 17.7 Å². The van der Waals surface area contributed by atoms with Crippen LogP contribution in [-0.2, 0) is 0 Å². The number of hydrogen-bond acceptors (Lipinski definition) is 1. The summed E-state index contributed by atoms with van der Waals surface area (Å²) in [6.45, 7) is -0.133. The Morgan fingerprint density at radius 1 is 1.31 bits per heavy atom. The van der Waals surface area contributed by atoms with Crippen molar-refractivity contribution in [1.29, 1.82) is 0 Å². The maximum atomic E-state index is 12.7. The molecule has 1 aromatic rings. The molecule has 0 atom stereocenters. The van der Waals surface area contributed by atoms with Crippen molar-refractivity contribution in [2.45, 2.75) is 0 Å². The summed E-state index contributed by atoms with van der Waals surface area (Å²) < 4.78 is 25.8. The first-order valence-corrected chi connectivity index (χ1v) is 4.36. The molecule has 70 valence electrons. The number of aliphatic hydroxyl groups excluding tert-OH is 1. The lowest BCUT2D eigenvalue weighted by molar-refractivity contribution is 0.343. The van der Waals surface area contributed by atoms with Crippen molar-refractivity contribution in [3.63, 3.8) is 0 Å². The van der Waals surface area contributed by atoms with Crippen LogP contribution in [0, 0.1) is 11.6 Å². The van der Waals surface area contributed by atoms with Gasteiger partial charge >= 0.3 is 0 Å². The third-order valence-electron chi connectivity index (χ3n) is 1.44. The molecule has 1 rings (SSSR count). The van der Waals surface area contributed by atoms with Crippen molar-refractivity contribution in [2.24, 2.45) is 0 Å². The Balaban J connectivity index is 3.08. The Morgan fingerprint density at radius 3 is 2.54 bits per heavy atom. The van der Waals surface area contributed by atoms with Crippen LogP contribution < -0.4 is 0 Å². The molecule has 0 unspecified atom stereocenters. The standard InChI is InChI=1S/C9H7BrF2O/c10-7-5-9(12)8(11)4-6(7)2-1-3-13/h1-2,4-5,13H,3H2/b2-1+. The molecule has 0 aliphatic heterocycles. The van der Waals surface area contributed by atoms with Gasteiger partial charge in [0.05, 0.1) is 6.61 Å². The molecule has 0 saturated carbocycles. The van der Waals surface area contributed by atoms with Crippen molar-refractivity contribution < 1.29 is 13.9 Å². The molecule has 0 amide bonds. The highest BCUT2D eigenvalue weighted by Crippen LogP contribution is 2.21. The molecule has 4 heteroatoms. The molecule has 0 saturated heterocycles.